The zero-order chi connectivity index (χ0) is 10.2. The zero-order valence-corrected chi connectivity index (χ0v) is 8.95. The van der Waals surface area contributed by atoms with Gasteiger partial charge in [-0.3, -0.25) is 0 Å². The van der Waals surface area contributed by atoms with Crippen LogP contribution in [0.3, 0.4) is 0 Å². The van der Waals surface area contributed by atoms with Crippen molar-refractivity contribution in [1.29, 1.82) is 0 Å². The van der Waals surface area contributed by atoms with Gasteiger partial charge in [0.15, 0.2) is 0 Å². The van der Waals surface area contributed by atoms with Gasteiger partial charge in [0.05, 0.1) is 18.6 Å². The molecule has 0 N–H and O–H groups in total. The first-order valence-electron chi connectivity index (χ1n) is 5.03. The molecule has 2 heterocycles. The Hall–Kier alpha value is -0.960. The molecule has 2 rings (SSSR count). The maximum absolute atomic E-state index is 5.21. The van der Waals surface area contributed by atoms with Crippen LogP contribution in [-0.2, 0) is 10.2 Å². The summed E-state index contributed by atoms with van der Waals surface area (Å²) in [5, 5.41) is 0. The molecular formula is C11H16N2O. The Balaban J connectivity index is 2.30. The Kier molecular flexibility index (Phi) is 2.27. The molecular weight excluding hydrogens is 176 g/mol. The second-order valence-electron chi connectivity index (χ2n) is 4.51. The molecule has 0 spiro atoms. The molecule has 14 heavy (non-hydrogen) atoms. The number of hydrogen-bond acceptors (Lipinski definition) is 3. The summed E-state index contributed by atoms with van der Waals surface area (Å²) >= 11 is 0. The first-order chi connectivity index (χ1) is 6.62. The molecule has 76 valence electrons. The third kappa shape index (κ3) is 1.52. The average Bonchev–Trinajstić information content (AvgIpc) is 2.14. The summed E-state index contributed by atoms with van der Waals surface area (Å²) in [6.45, 7) is 7.93. The Morgan fingerprint density at radius 1 is 1.43 bits per heavy atom. The Labute approximate surface area is 84.5 Å². The highest BCUT2D eigenvalue weighted by molar-refractivity contribution is 5.15. The monoisotopic (exact) mass is 192 g/mol. The summed E-state index contributed by atoms with van der Waals surface area (Å²) in [6, 6.07) is 1.98. The molecule has 0 unspecified atom stereocenters. The van der Waals surface area contributed by atoms with Crippen LogP contribution in [-0.4, -0.2) is 23.2 Å². The fraction of sp³-hybridized carbons (Fsp3) is 0.636. The minimum Gasteiger partial charge on any atom is -0.379 e. The maximum atomic E-state index is 5.21. The van der Waals surface area contributed by atoms with Crippen molar-refractivity contribution in [3.05, 3.63) is 23.8 Å². The van der Waals surface area contributed by atoms with Gasteiger partial charge in [0, 0.05) is 11.9 Å². The standard InChI is InChI=1S/C11H16N2O/c1-8(2)9-4-5-12-10(13-9)11(3)6-14-7-11/h4-5,8H,6-7H2,1-3H3. The van der Waals surface area contributed by atoms with E-state index in [0.717, 1.165) is 24.7 Å². The highest BCUT2D eigenvalue weighted by Gasteiger charge is 2.38. The van der Waals surface area contributed by atoms with Crippen LogP contribution < -0.4 is 0 Å². The van der Waals surface area contributed by atoms with Crippen molar-refractivity contribution >= 4 is 0 Å². The van der Waals surface area contributed by atoms with Gasteiger partial charge >= 0.3 is 0 Å². The van der Waals surface area contributed by atoms with Crippen LogP contribution in [0.4, 0.5) is 0 Å². The lowest BCUT2D eigenvalue weighted by Crippen LogP contribution is -2.45. The van der Waals surface area contributed by atoms with Crippen molar-refractivity contribution in [2.75, 3.05) is 13.2 Å². The Morgan fingerprint density at radius 2 is 2.14 bits per heavy atom. The van der Waals surface area contributed by atoms with E-state index in [0.29, 0.717) is 5.92 Å². The van der Waals surface area contributed by atoms with Gasteiger partial charge in [-0.2, -0.15) is 0 Å². The largest absolute Gasteiger partial charge is 0.379 e. The lowest BCUT2D eigenvalue weighted by atomic mass is 9.87. The van der Waals surface area contributed by atoms with E-state index in [4.69, 9.17) is 4.74 Å². The summed E-state index contributed by atoms with van der Waals surface area (Å²) in [7, 11) is 0. The number of hydrogen-bond donors (Lipinski definition) is 0. The molecule has 1 saturated heterocycles. The smallest absolute Gasteiger partial charge is 0.139 e. The third-order valence-corrected chi connectivity index (χ3v) is 2.65. The van der Waals surface area contributed by atoms with Gasteiger partial charge in [-0.1, -0.05) is 13.8 Å². The van der Waals surface area contributed by atoms with E-state index in [2.05, 4.69) is 30.7 Å². The Bertz CT molecular complexity index is 332. The van der Waals surface area contributed by atoms with Crippen LogP contribution in [0.1, 0.15) is 38.2 Å². The summed E-state index contributed by atoms with van der Waals surface area (Å²) in [5.74, 6) is 1.39. The molecule has 1 aliphatic heterocycles. The van der Waals surface area contributed by atoms with Crippen LogP contribution in [0.5, 0.6) is 0 Å². The summed E-state index contributed by atoms with van der Waals surface area (Å²) in [5.41, 5.74) is 1.16. The summed E-state index contributed by atoms with van der Waals surface area (Å²) < 4.78 is 5.21. The molecule has 3 nitrogen and oxygen atoms in total. The van der Waals surface area contributed by atoms with E-state index < -0.39 is 0 Å². The van der Waals surface area contributed by atoms with Crippen molar-refractivity contribution in [2.24, 2.45) is 0 Å². The van der Waals surface area contributed by atoms with Gasteiger partial charge in [0.2, 0.25) is 0 Å². The molecule has 1 fully saturated rings. The molecule has 1 aromatic heterocycles. The van der Waals surface area contributed by atoms with Crippen molar-refractivity contribution in [1.82, 2.24) is 9.97 Å². The van der Waals surface area contributed by atoms with Crippen LogP contribution in [0.25, 0.3) is 0 Å². The molecule has 1 aromatic rings. The highest BCUT2D eigenvalue weighted by atomic mass is 16.5. The fourth-order valence-corrected chi connectivity index (χ4v) is 1.52. The minimum atomic E-state index is 0.0465. The van der Waals surface area contributed by atoms with Gasteiger partial charge in [-0.25, -0.2) is 9.97 Å². The van der Waals surface area contributed by atoms with Crippen LogP contribution >= 0.6 is 0 Å². The highest BCUT2D eigenvalue weighted by Crippen LogP contribution is 2.29. The van der Waals surface area contributed by atoms with Gasteiger partial charge in [0.1, 0.15) is 5.82 Å². The first-order valence-corrected chi connectivity index (χ1v) is 5.03. The second kappa shape index (κ2) is 3.31. The van der Waals surface area contributed by atoms with Crippen molar-refractivity contribution in [3.8, 4) is 0 Å². The van der Waals surface area contributed by atoms with Crippen molar-refractivity contribution < 1.29 is 4.74 Å². The van der Waals surface area contributed by atoms with E-state index in [9.17, 15) is 0 Å². The molecule has 1 aliphatic rings. The lowest BCUT2D eigenvalue weighted by Gasteiger charge is -2.36. The second-order valence-corrected chi connectivity index (χ2v) is 4.51. The molecule has 0 aromatic carbocycles. The number of ether oxygens (including phenoxy) is 1. The summed E-state index contributed by atoms with van der Waals surface area (Å²) in [6.07, 6.45) is 1.85. The van der Waals surface area contributed by atoms with Crippen molar-refractivity contribution in [2.45, 2.75) is 32.1 Å². The number of aromatic nitrogens is 2. The third-order valence-electron chi connectivity index (χ3n) is 2.65. The van der Waals surface area contributed by atoms with Gasteiger partial charge < -0.3 is 4.74 Å². The van der Waals surface area contributed by atoms with Crippen LogP contribution in [0.2, 0.25) is 0 Å². The SMILES string of the molecule is CC(C)c1ccnc(C2(C)COC2)n1. The molecule has 0 radical (unpaired) electrons. The van der Waals surface area contributed by atoms with Gasteiger partial charge in [0.25, 0.3) is 0 Å². The van der Waals surface area contributed by atoms with E-state index in [-0.39, 0.29) is 5.41 Å². The average molecular weight is 192 g/mol. The lowest BCUT2D eigenvalue weighted by molar-refractivity contribution is -0.0544. The van der Waals surface area contributed by atoms with E-state index in [1.54, 1.807) is 0 Å². The van der Waals surface area contributed by atoms with Crippen LogP contribution in [0, 0.1) is 0 Å². The van der Waals surface area contributed by atoms with Crippen LogP contribution in [0.15, 0.2) is 12.3 Å². The summed E-state index contributed by atoms with van der Waals surface area (Å²) in [4.78, 5) is 8.90. The molecule has 0 bridgehead atoms. The zero-order valence-electron chi connectivity index (χ0n) is 8.95. The van der Waals surface area contributed by atoms with E-state index in [1.165, 1.54) is 0 Å². The normalized spacial score (nSPS) is 19.4. The first kappa shape index (κ1) is 9.59. The number of nitrogens with zero attached hydrogens (tertiary/aromatic N) is 2. The van der Waals surface area contributed by atoms with E-state index in [1.807, 2.05) is 12.3 Å². The van der Waals surface area contributed by atoms with Crippen molar-refractivity contribution in [3.63, 3.8) is 0 Å². The Morgan fingerprint density at radius 3 is 2.64 bits per heavy atom. The molecule has 3 heteroatoms. The molecule has 0 atom stereocenters. The van der Waals surface area contributed by atoms with Gasteiger partial charge in [-0.05, 0) is 18.9 Å². The van der Waals surface area contributed by atoms with Gasteiger partial charge in [-0.15, -0.1) is 0 Å². The molecule has 0 amide bonds. The number of rotatable bonds is 2. The topological polar surface area (TPSA) is 35.0 Å². The quantitative estimate of drug-likeness (QED) is 0.717. The molecule has 0 saturated carbocycles. The van der Waals surface area contributed by atoms with E-state index >= 15 is 0 Å². The minimum absolute atomic E-state index is 0.0465. The fourth-order valence-electron chi connectivity index (χ4n) is 1.52. The predicted molar refractivity (Wildman–Crippen MR) is 54.3 cm³/mol. The predicted octanol–water partition coefficient (Wildman–Crippen LogP) is 1.89. The maximum Gasteiger partial charge on any atom is 0.139 e. The molecule has 0 aliphatic carbocycles.